The Labute approximate surface area is 304 Å². The number of rotatable bonds is 8. The molecule has 0 nitrogen and oxygen atoms in total. The van der Waals surface area contributed by atoms with Crippen molar-refractivity contribution in [1.29, 1.82) is 0 Å². The van der Waals surface area contributed by atoms with Crippen molar-refractivity contribution < 1.29 is 15.6 Å². The van der Waals surface area contributed by atoms with E-state index >= 15 is 0 Å². The number of hydrogen-bond donors (Lipinski definition) is 0. The molecule has 2 unspecified atom stereocenters. The van der Waals surface area contributed by atoms with Crippen LogP contribution in [0.15, 0.2) is 96.1 Å². The third-order valence-electron chi connectivity index (χ3n) is 12.4. The van der Waals surface area contributed by atoms with Crippen LogP contribution in [0.3, 0.4) is 0 Å². The molecule has 0 amide bonds. The van der Waals surface area contributed by atoms with Crippen LogP contribution in [0.1, 0.15) is 119 Å². The van der Waals surface area contributed by atoms with E-state index in [0.29, 0.717) is 17.8 Å². The van der Waals surface area contributed by atoms with Crippen molar-refractivity contribution in [2.24, 2.45) is 5.92 Å². The Morgan fingerprint density at radius 2 is 1.08 bits per heavy atom. The monoisotopic (exact) mass is 781 g/mol. The molecule has 0 bridgehead atoms. The first-order chi connectivity index (χ1) is 23.4. The normalized spacial score (nSPS) is 20.3. The van der Waals surface area contributed by atoms with Gasteiger partial charge in [-0.25, -0.2) is 0 Å². The van der Waals surface area contributed by atoms with E-state index in [1.54, 1.807) is 5.57 Å². The van der Waals surface area contributed by atoms with Gasteiger partial charge in [-0.05, 0) is 0 Å². The first kappa shape index (κ1) is 35.4. The molecule has 3 aliphatic carbocycles. The quantitative estimate of drug-likeness (QED) is 0.156. The van der Waals surface area contributed by atoms with E-state index in [9.17, 15) is 0 Å². The fourth-order valence-electron chi connectivity index (χ4n) is 9.55. The maximum absolute atomic E-state index is 8.77. The molecule has 0 aromatic heterocycles. The van der Waals surface area contributed by atoms with Gasteiger partial charge in [-0.1, -0.05) is 0 Å². The topological polar surface area (TPSA) is 0 Å². The van der Waals surface area contributed by atoms with Gasteiger partial charge in [0.1, 0.15) is 0 Å². The van der Waals surface area contributed by atoms with Crippen molar-refractivity contribution in [3.05, 3.63) is 129 Å². The molecule has 1 saturated carbocycles. The van der Waals surface area contributed by atoms with E-state index in [2.05, 4.69) is 145 Å². The molecule has 0 radical (unpaired) electrons. The van der Waals surface area contributed by atoms with E-state index in [1.807, 2.05) is 0 Å². The van der Waals surface area contributed by atoms with Crippen molar-refractivity contribution in [2.45, 2.75) is 98.9 Å². The van der Waals surface area contributed by atoms with Crippen LogP contribution in [-0.2, 0) is 15.6 Å². The molecule has 4 aromatic rings. The number of allylic oxidation sites excluding steroid dienone is 2. The standard InChI is InChI=1S/C24H27.C19H19.C2H7Si.2ClH.Zr/c1-17(2)18-11-13-20(14-12-18)23-10-6-9-21-15-22(16-24(21)23)19-7-4-3-5-8-19;1-13(2)15-7-9-16(10-8-15)18-6-4-5-17-11-14(3)12-19(17)18;1-3-2;;;/h6,9-17,19H,3-5,7-8H2,1-2H3;4-13H,1-3H3;3H,1-2H3;2*1H;/q;;;;;+2/p-2. The van der Waals surface area contributed by atoms with Crippen molar-refractivity contribution in [2.75, 3.05) is 0 Å². The van der Waals surface area contributed by atoms with Crippen LogP contribution in [0.2, 0.25) is 13.1 Å². The number of fused-ring (bicyclic) bond motifs is 2. The average molecular weight is 784 g/mol. The Hall–Kier alpha value is -1.96. The van der Waals surface area contributed by atoms with Crippen LogP contribution in [0.5, 0.6) is 0 Å². The molecule has 2 atom stereocenters. The maximum atomic E-state index is 8.77. The second kappa shape index (κ2) is 13.5. The second-order valence-corrected chi connectivity index (χ2v) is 58.8. The molecular formula is C45H53Cl2SiZr. The third-order valence-corrected chi connectivity index (χ3v) is 64.4. The Balaban J connectivity index is 1.41. The van der Waals surface area contributed by atoms with Crippen molar-refractivity contribution in [3.8, 4) is 22.3 Å². The summed E-state index contributed by atoms with van der Waals surface area (Å²) in [4.78, 5) is 0. The number of benzene rings is 4. The van der Waals surface area contributed by atoms with Gasteiger partial charge in [0.05, 0.1) is 0 Å². The molecule has 255 valence electrons. The van der Waals surface area contributed by atoms with Crippen LogP contribution < -0.4 is 0 Å². The van der Waals surface area contributed by atoms with Gasteiger partial charge in [0.25, 0.3) is 0 Å². The summed E-state index contributed by atoms with van der Waals surface area (Å²) in [7, 11) is 17.5. The van der Waals surface area contributed by atoms with Gasteiger partial charge >= 0.3 is 307 Å². The first-order valence-electron chi connectivity index (χ1n) is 18.8. The zero-order valence-electron chi connectivity index (χ0n) is 30.5. The third kappa shape index (κ3) is 6.00. The fourth-order valence-corrected chi connectivity index (χ4v) is 41.5. The van der Waals surface area contributed by atoms with E-state index in [4.69, 9.17) is 17.0 Å². The van der Waals surface area contributed by atoms with Gasteiger partial charge < -0.3 is 0 Å². The zero-order valence-corrected chi connectivity index (χ0v) is 35.6. The summed E-state index contributed by atoms with van der Waals surface area (Å²) >= 11 is -4.84. The second-order valence-electron chi connectivity index (χ2n) is 16.3. The molecule has 4 heteroatoms. The molecule has 0 N–H and O–H groups in total. The molecule has 1 fully saturated rings. The summed E-state index contributed by atoms with van der Waals surface area (Å²) in [5.74, 6) is -0.0453. The van der Waals surface area contributed by atoms with Crippen LogP contribution in [-0.4, -0.2) is 5.92 Å². The summed E-state index contributed by atoms with van der Waals surface area (Å²) in [5.41, 5.74) is 16.4. The molecule has 4 aromatic carbocycles. The number of halogens is 2. The summed E-state index contributed by atoms with van der Waals surface area (Å²) in [6.07, 6.45) is 11.5. The van der Waals surface area contributed by atoms with Gasteiger partial charge in [-0.15, -0.1) is 0 Å². The molecule has 0 aliphatic heterocycles. The van der Waals surface area contributed by atoms with Crippen LogP contribution in [0.25, 0.3) is 34.4 Å². The van der Waals surface area contributed by atoms with E-state index in [-0.39, 0.29) is 7.25 Å². The Morgan fingerprint density at radius 3 is 1.55 bits per heavy atom. The van der Waals surface area contributed by atoms with Crippen molar-refractivity contribution in [1.82, 2.24) is 0 Å². The Kier molecular flexibility index (Phi) is 9.80. The Morgan fingerprint density at radius 1 is 0.612 bits per heavy atom. The van der Waals surface area contributed by atoms with Gasteiger partial charge in [-0.3, -0.25) is 0 Å². The summed E-state index contributed by atoms with van der Waals surface area (Å²) in [5, 5.41) is 0. The minimum atomic E-state index is -4.84. The molecule has 7 rings (SSSR count). The summed E-state index contributed by atoms with van der Waals surface area (Å²) in [6, 6.07) is 32.4. The van der Waals surface area contributed by atoms with E-state index in [0.717, 1.165) is 0 Å². The SMILES string of the molecule is CC1=Cc2c(-c3ccc(C(C)C)cc3)cccc2[CH]1[Zr]([Cl])([Cl])([CH]1C(C2CCCCC2)=Cc2c(-c3ccc(C(C)C)cc3)cccc21)[SiH](C)C. The van der Waals surface area contributed by atoms with Gasteiger partial charge in [0.2, 0.25) is 0 Å². The van der Waals surface area contributed by atoms with E-state index < -0.39 is 21.5 Å². The van der Waals surface area contributed by atoms with Crippen molar-refractivity contribution in [3.63, 3.8) is 0 Å². The molecule has 3 aliphatic rings. The summed E-state index contributed by atoms with van der Waals surface area (Å²) in [6.45, 7) is 16.4. The van der Waals surface area contributed by atoms with Gasteiger partial charge in [0, 0.05) is 0 Å². The molecule has 0 heterocycles. The number of hydrogen-bond acceptors (Lipinski definition) is 0. The molecule has 0 saturated heterocycles. The summed E-state index contributed by atoms with van der Waals surface area (Å²) < 4.78 is 0.246. The van der Waals surface area contributed by atoms with Crippen LogP contribution >= 0.6 is 17.0 Å². The average Bonchev–Trinajstić information content (AvgIpc) is 3.67. The predicted octanol–water partition coefficient (Wildman–Crippen LogP) is 14.4. The van der Waals surface area contributed by atoms with Crippen LogP contribution in [0, 0.1) is 5.92 Å². The van der Waals surface area contributed by atoms with E-state index in [1.165, 1.54) is 93.3 Å². The Bertz CT molecular complexity index is 1920. The molecule has 0 spiro atoms. The predicted molar refractivity (Wildman–Crippen MR) is 216 cm³/mol. The minimum absolute atomic E-state index is 0.109. The van der Waals surface area contributed by atoms with Gasteiger partial charge in [0.15, 0.2) is 0 Å². The fraction of sp³-hybridized carbons (Fsp3) is 0.378. The van der Waals surface area contributed by atoms with Crippen molar-refractivity contribution >= 4 is 35.1 Å². The first-order valence-corrected chi connectivity index (χ1v) is 35.1. The van der Waals surface area contributed by atoms with Crippen LogP contribution in [0.4, 0.5) is 0 Å². The molecular weight excluding hydrogens is 731 g/mol. The molecule has 49 heavy (non-hydrogen) atoms. The zero-order chi connectivity index (χ0) is 34.7. The van der Waals surface area contributed by atoms with Gasteiger partial charge in [-0.2, -0.15) is 0 Å².